The van der Waals surface area contributed by atoms with E-state index in [0.29, 0.717) is 22.8 Å². The van der Waals surface area contributed by atoms with Crippen molar-refractivity contribution >= 4 is 38.2 Å². The number of anilines is 1. The molecule has 2 aromatic carbocycles. The molecular formula is C18H15ClN4O2S. The first-order valence-electron chi connectivity index (χ1n) is 7.69. The highest BCUT2D eigenvalue weighted by Crippen LogP contribution is 2.28. The average molecular weight is 387 g/mol. The first kappa shape index (κ1) is 18.1. The minimum atomic E-state index is -3.46. The van der Waals surface area contributed by atoms with Gasteiger partial charge in [0.15, 0.2) is 0 Å². The number of nitrogens with one attached hydrogen (secondary N) is 2. The van der Waals surface area contributed by atoms with E-state index in [1.807, 2.05) is 0 Å². The lowest BCUT2D eigenvalue weighted by Crippen LogP contribution is -2.18. The first-order chi connectivity index (χ1) is 12.4. The molecule has 0 amide bonds. The molecule has 0 bridgehead atoms. The molecule has 2 N–H and O–H groups in total. The molecule has 0 spiro atoms. The molecule has 0 saturated carbocycles. The Kier molecular flexibility index (Phi) is 5.09. The maximum atomic E-state index is 11.8. The molecule has 0 aliphatic carbocycles. The maximum absolute atomic E-state index is 11.8. The van der Waals surface area contributed by atoms with Gasteiger partial charge < -0.3 is 5.32 Å². The van der Waals surface area contributed by atoms with Crippen LogP contribution in [-0.4, -0.2) is 20.4 Å². The number of nitrogens with zero attached hydrogens (tertiary/aromatic N) is 2. The zero-order chi connectivity index (χ0) is 18.7. The number of benzene rings is 2. The molecule has 0 unspecified atom stereocenters. The largest absolute Gasteiger partial charge is 0.379 e. The minimum absolute atomic E-state index is 0.197. The van der Waals surface area contributed by atoms with Crippen LogP contribution in [0.5, 0.6) is 0 Å². The number of nitriles is 1. The number of aromatic nitrogens is 1. The van der Waals surface area contributed by atoms with Crippen LogP contribution in [0.3, 0.4) is 0 Å². The third-order valence-corrected chi connectivity index (χ3v) is 5.59. The van der Waals surface area contributed by atoms with Gasteiger partial charge in [-0.25, -0.2) is 13.1 Å². The van der Waals surface area contributed by atoms with Crippen molar-refractivity contribution in [1.82, 2.24) is 9.71 Å². The van der Waals surface area contributed by atoms with Gasteiger partial charge in [0.05, 0.1) is 21.7 Å². The summed E-state index contributed by atoms with van der Waals surface area (Å²) in [5.41, 5.74) is 2.66. The van der Waals surface area contributed by atoms with E-state index in [0.717, 1.165) is 16.5 Å². The molecule has 132 valence electrons. The van der Waals surface area contributed by atoms with Crippen molar-refractivity contribution in [3.63, 3.8) is 0 Å². The van der Waals surface area contributed by atoms with E-state index < -0.39 is 10.0 Å². The minimum Gasteiger partial charge on any atom is -0.379 e. The molecule has 0 aliphatic rings. The molecule has 0 atom stereocenters. The van der Waals surface area contributed by atoms with E-state index >= 15 is 0 Å². The Morgan fingerprint density at radius 1 is 1.19 bits per heavy atom. The lowest BCUT2D eigenvalue weighted by Gasteiger charge is -2.12. The van der Waals surface area contributed by atoms with Crippen LogP contribution in [0.25, 0.3) is 10.9 Å². The highest BCUT2D eigenvalue weighted by molar-refractivity contribution is 7.89. The zero-order valence-electron chi connectivity index (χ0n) is 13.8. The molecule has 3 aromatic rings. The van der Waals surface area contributed by atoms with Gasteiger partial charge in [-0.3, -0.25) is 4.98 Å². The van der Waals surface area contributed by atoms with Crippen molar-refractivity contribution in [2.75, 3.05) is 12.4 Å². The number of pyridine rings is 1. The van der Waals surface area contributed by atoms with E-state index in [4.69, 9.17) is 11.6 Å². The van der Waals surface area contributed by atoms with Gasteiger partial charge in [-0.05, 0) is 42.9 Å². The highest BCUT2D eigenvalue weighted by atomic mass is 35.5. The molecule has 0 aliphatic heterocycles. The fourth-order valence-corrected chi connectivity index (χ4v) is 3.44. The average Bonchev–Trinajstić information content (AvgIpc) is 2.66. The highest BCUT2D eigenvalue weighted by Gasteiger charge is 2.12. The number of fused-ring (bicyclic) bond motifs is 1. The standard InChI is InChI=1S/C18H15ClN4O2S/c1-21-26(24,25)15-5-2-12(3-6-15)10-23-18-13(9-20)11-22-17-7-4-14(19)8-16(17)18/h2-8,11,21H,10H2,1H3,(H,22,23). The number of rotatable bonds is 5. The molecule has 1 heterocycles. The van der Waals surface area contributed by atoms with Gasteiger partial charge in [0.25, 0.3) is 0 Å². The molecule has 1 aromatic heterocycles. The Hall–Kier alpha value is -2.66. The van der Waals surface area contributed by atoms with Gasteiger partial charge in [0, 0.05) is 23.2 Å². The second-order valence-electron chi connectivity index (χ2n) is 5.53. The second kappa shape index (κ2) is 7.30. The van der Waals surface area contributed by atoms with Crippen molar-refractivity contribution in [1.29, 1.82) is 5.26 Å². The predicted octanol–water partition coefficient (Wildman–Crippen LogP) is 3.28. The lowest BCUT2D eigenvalue weighted by atomic mass is 10.1. The maximum Gasteiger partial charge on any atom is 0.240 e. The summed E-state index contributed by atoms with van der Waals surface area (Å²) < 4.78 is 25.8. The smallest absolute Gasteiger partial charge is 0.240 e. The Balaban J connectivity index is 1.90. The van der Waals surface area contributed by atoms with Crippen LogP contribution in [0.2, 0.25) is 5.02 Å². The van der Waals surface area contributed by atoms with Gasteiger partial charge in [-0.2, -0.15) is 5.26 Å². The topological polar surface area (TPSA) is 94.9 Å². The van der Waals surface area contributed by atoms with Gasteiger partial charge in [0.2, 0.25) is 10.0 Å². The van der Waals surface area contributed by atoms with Crippen LogP contribution < -0.4 is 10.0 Å². The van der Waals surface area contributed by atoms with E-state index in [9.17, 15) is 13.7 Å². The SMILES string of the molecule is CNS(=O)(=O)c1ccc(CNc2c(C#N)cnc3ccc(Cl)cc23)cc1. The third-order valence-electron chi connectivity index (χ3n) is 3.92. The van der Waals surface area contributed by atoms with Gasteiger partial charge >= 0.3 is 0 Å². The molecule has 6 nitrogen and oxygen atoms in total. The quantitative estimate of drug-likeness (QED) is 0.701. The van der Waals surface area contributed by atoms with Crippen LogP contribution in [0, 0.1) is 11.3 Å². The van der Waals surface area contributed by atoms with Crippen molar-refractivity contribution in [3.05, 3.63) is 64.8 Å². The fraction of sp³-hybridized carbons (Fsp3) is 0.111. The summed E-state index contributed by atoms with van der Waals surface area (Å²) in [6, 6.07) is 13.9. The summed E-state index contributed by atoms with van der Waals surface area (Å²) in [5.74, 6) is 0. The summed E-state index contributed by atoms with van der Waals surface area (Å²) in [6.07, 6.45) is 1.52. The summed E-state index contributed by atoms with van der Waals surface area (Å²) in [7, 11) is -2.09. The number of halogens is 1. The number of sulfonamides is 1. The van der Waals surface area contributed by atoms with Crippen molar-refractivity contribution in [2.24, 2.45) is 0 Å². The van der Waals surface area contributed by atoms with Crippen LogP contribution in [0.1, 0.15) is 11.1 Å². The van der Waals surface area contributed by atoms with E-state index in [1.165, 1.54) is 25.4 Å². The molecule has 8 heteroatoms. The van der Waals surface area contributed by atoms with E-state index in [-0.39, 0.29) is 4.90 Å². The van der Waals surface area contributed by atoms with Crippen LogP contribution in [0.15, 0.2) is 53.6 Å². The Bertz CT molecular complexity index is 1110. The molecule has 0 fully saturated rings. The summed E-state index contributed by atoms with van der Waals surface area (Å²) in [5, 5.41) is 13.9. The monoisotopic (exact) mass is 386 g/mol. The van der Waals surface area contributed by atoms with Crippen molar-refractivity contribution < 1.29 is 8.42 Å². The molecule has 26 heavy (non-hydrogen) atoms. The molecule has 3 rings (SSSR count). The first-order valence-corrected chi connectivity index (χ1v) is 9.55. The van der Waals surface area contributed by atoms with Gasteiger partial charge in [-0.1, -0.05) is 23.7 Å². The second-order valence-corrected chi connectivity index (χ2v) is 7.85. The third kappa shape index (κ3) is 3.63. The summed E-state index contributed by atoms with van der Waals surface area (Å²) in [6.45, 7) is 0.417. The summed E-state index contributed by atoms with van der Waals surface area (Å²) >= 11 is 6.08. The molecular weight excluding hydrogens is 372 g/mol. The molecule has 0 radical (unpaired) electrons. The Morgan fingerprint density at radius 2 is 1.92 bits per heavy atom. The number of hydrogen-bond donors (Lipinski definition) is 2. The van der Waals surface area contributed by atoms with E-state index in [2.05, 4.69) is 21.1 Å². The number of hydrogen-bond acceptors (Lipinski definition) is 5. The summed E-state index contributed by atoms with van der Waals surface area (Å²) in [4.78, 5) is 4.46. The predicted molar refractivity (Wildman–Crippen MR) is 101 cm³/mol. The van der Waals surface area contributed by atoms with Crippen LogP contribution in [-0.2, 0) is 16.6 Å². The van der Waals surface area contributed by atoms with Crippen molar-refractivity contribution in [3.8, 4) is 6.07 Å². The fourth-order valence-electron chi connectivity index (χ4n) is 2.53. The zero-order valence-corrected chi connectivity index (χ0v) is 15.4. The normalized spacial score (nSPS) is 11.3. The lowest BCUT2D eigenvalue weighted by molar-refractivity contribution is 0.588. The molecule has 0 saturated heterocycles. The Labute approximate surface area is 156 Å². The van der Waals surface area contributed by atoms with E-state index in [1.54, 1.807) is 30.3 Å². The van der Waals surface area contributed by atoms with Crippen molar-refractivity contribution in [2.45, 2.75) is 11.4 Å². The van der Waals surface area contributed by atoms with Gasteiger partial charge in [0.1, 0.15) is 6.07 Å². The van der Waals surface area contributed by atoms with Gasteiger partial charge in [-0.15, -0.1) is 0 Å². The van der Waals surface area contributed by atoms with Crippen LogP contribution in [0.4, 0.5) is 5.69 Å². The van der Waals surface area contributed by atoms with Crippen LogP contribution >= 0.6 is 11.6 Å². The Morgan fingerprint density at radius 3 is 2.58 bits per heavy atom.